The summed E-state index contributed by atoms with van der Waals surface area (Å²) in [7, 11) is 0. The molecule has 0 saturated heterocycles. The van der Waals surface area contributed by atoms with Crippen LogP contribution in [0.1, 0.15) is 21.7 Å². The Morgan fingerprint density at radius 3 is 2.44 bits per heavy atom. The number of nitrogens with one attached hydrogen (secondary N) is 2. The first-order valence-electron chi connectivity index (χ1n) is 7.81. The molecule has 0 fully saturated rings. The first-order valence-corrected chi connectivity index (χ1v) is 8.80. The Hall–Kier alpha value is -2.73. The SMILES string of the molecule is Cc1ccc(SCC(=O)NNC(=O)c2oc3ccccc3c2C)cc1. The molecule has 1 heterocycles. The van der Waals surface area contributed by atoms with Crippen LogP contribution in [0, 0.1) is 13.8 Å². The number of aryl methyl sites for hydroxylation is 2. The molecular formula is C19H18N2O3S. The second-order valence-electron chi connectivity index (χ2n) is 5.66. The van der Waals surface area contributed by atoms with Crippen molar-refractivity contribution in [3.05, 3.63) is 65.4 Å². The normalized spacial score (nSPS) is 10.6. The highest BCUT2D eigenvalue weighted by Crippen LogP contribution is 2.24. The number of fused-ring (bicyclic) bond motifs is 1. The van der Waals surface area contributed by atoms with Gasteiger partial charge in [-0.2, -0.15) is 0 Å². The summed E-state index contributed by atoms with van der Waals surface area (Å²) in [6.07, 6.45) is 0. The summed E-state index contributed by atoms with van der Waals surface area (Å²) < 4.78 is 5.56. The maximum absolute atomic E-state index is 12.2. The highest BCUT2D eigenvalue weighted by atomic mass is 32.2. The number of amides is 2. The fourth-order valence-electron chi connectivity index (χ4n) is 2.39. The zero-order valence-corrected chi connectivity index (χ0v) is 14.8. The van der Waals surface area contributed by atoms with Crippen LogP contribution in [0.25, 0.3) is 11.0 Å². The fraction of sp³-hybridized carbons (Fsp3) is 0.158. The second kappa shape index (κ2) is 7.44. The summed E-state index contributed by atoms with van der Waals surface area (Å²) in [5, 5.41) is 0.883. The number of carbonyl (C=O) groups excluding carboxylic acids is 2. The lowest BCUT2D eigenvalue weighted by molar-refractivity contribution is -0.119. The Bertz CT molecular complexity index is 916. The number of hydrogen-bond acceptors (Lipinski definition) is 4. The molecule has 0 atom stereocenters. The van der Waals surface area contributed by atoms with E-state index in [1.165, 1.54) is 17.3 Å². The Kier molecular flexibility index (Phi) is 5.09. The molecule has 2 aromatic carbocycles. The van der Waals surface area contributed by atoms with Crippen LogP contribution in [0.2, 0.25) is 0 Å². The Labute approximate surface area is 149 Å². The van der Waals surface area contributed by atoms with Crippen molar-refractivity contribution >= 4 is 34.5 Å². The molecule has 3 aromatic rings. The third-order valence-electron chi connectivity index (χ3n) is 3.76. The Morgan fingerprint density at radius 2 is 1.72 bits per heavy atom. The smallest absolute Gasteiger partial charge is 0.305 e. The standard InChI is InChI=1S/C19H18N2O3S/c1-12-7-9-14(10-8-12)25-11-17(22)20-21-19(23)18-13(2)15-5-3-4-6-16(15)24-18/h3-10H,11H2,1-2H3,(H,20,22)(H,21,23). The minimum absolute atomic E-state index is 0.202. The van der Waals surface area contributed by atoms with Gasteiger partial charge in [-0.25, -0.2) is 0 Å². The van der Waals surface area contributed by atoms with Crippen molar-refractivity contribution in [1.82, 2.24) is 10.9 Å². The topological polar surface area (TPSA) is 71.3 Å². The third-order valence-corrected chi connectivity index (χ3v) is 4.77. The lowest BCUT2D eigenvalue weighted by Crippen LogP contribution is -2.42. The van der Waals surface area contributed by atoms with E-state index in [-0.39, 0.29) is 17.4 Å². The van der Waals surface area contributed by atoms with Gasteiger partial charge in [0.2, 0.25) is 5.91 Å². The van der Waals surface area contributed by atoms with Gasteiger partial charge < -0.3 is 4.42 Å². The van der Waals surface area contributed by atoms with E-state index in [2.05, 4.69) is 10.9 Å². The number of hydrazine groups is 1. The number of benzene rings is 2. The molecule has 5 nitrogen and oxygen atoms in total. The predicted molar refractivity (Wildman–Crippen MR) is 98.5 cm³/mol. The molecule has 0 radical (unpaired) electrons. The third kappa shape index (κ3) is 4.03. The lowest BCUT2D eigenvalue weighted by Gasteiger charge is -2.06. The van der Waals surface area contributed by atoms with Gasteiger partial charge in [-0.05, 0) is 32.0 Å². The van der Waals surface area contributed by atoms with Crippen molar-refractivity contribution in [3.8, 4) is 0 Å². The molecule has 0 aliphatic carbocycles. The number of rotatable bonds is 4. The molecule has 0 saturated carbocycles. The summed E-state index contributed by atoms with van der Waals surface area (Å²) in [6.45, 7) is 3.83. The Balaban J connectivity index is 1.55. The van der Waals surface area contributed by atoms with Crippen LogP contribution in [0.3, 0.4) is 0 Å². The second-order valence-corrected chi connectivity index (χ2v) is 6.71. The molecule has 0 aliphatic rings. The molecule has 2 amide bonds. The first kappa shape index (κ1) is 17.1. The van der Waals surface area contributed by atoms with Gasteiger partial charge in [-0.15, -0.1) is 11.8 Å². The van der Waals surface area contributed by atoms with Gasteiger partial charge in [0, 0.05) is 15.8 Å². The zero-order valence-electron chi connectivity index (χ0n) is 14.0. The highest BCUT2D eigenvalue weighted by molar-refractivity contribution is 8.00. The van der Waals surface area contributed by atoms with Crippen LogP contribution >= 0.6 is 11.8 Å². The number of thioether (sulfide) groups is 1. The highest BCUT2D eigenvalue weighted by Gasteiger charge is 2.17. The first-order chi connectivity index (χ1) is 12.0. The fourth-order valence-corrected chi connectivity index (χ4v) is 3.09. The van der Waals surface area contributed by atoms with E-state index in [1.807, 2.05) is 56.3 Å². The molecule has 0 bridgehead atoms. The van der Waals surface area contributed by atoms with E-state index in [1.54, 1.807) is 6.07 Å². The van der Waals surface area contributed by atoms with Crippen LogP contribution in [-0.4, -0.2) is 17.6 Å². The average Bonchev–Trinajstić information content (AvgIpc) is 2.96. The monoisotopic (exact) mass is 354 g/mol. The molecule has 0 spiro atoms. The number of hydrogen-bond donors (Lipinski definition) is 2. The van der Waals surface area contributed by atoms with Crippen molar-refractivity contribution in [2.45, 2.75) is 18.7 Å². The molecule has 25 heavy (non-hydrogen) atoms. The summed E-state index contributed by atoms with van der Waals surface area (Å²) in [6, 6.07) is 15.3. The molecular weight excluding hydrogens is 336 g/mol. The molecule has 0 unspecified atom stereocenters. The molecule has 2 N–H and O–H groups in total. The maximum atomic E-state index is 12.2. The van der Waals surface area contributed by atoms with E-state index in [9.17, 15) is 9.59 Å². The number of para-hydroxylation sites is 1. The summed E-state index contributed by atoms with van der Waals surface area (Å²) in [4.78, 5) is 25.1. The van der Waals surface area contributed by atoms with Gasteiger partial charge in [-0.1, -0.05) is 35.9 Å². The van der Waals surface area contributed by atoms with Crippen molar-refractivity contribution < 1.29 is 14.0 Å². The predicted octanol–water partition coefficient (Wildman–Crippen LogP) is 3.60. The molecule has 3 rings (SSSR count). The quantitative estimate of drug-likeness (QED) is 0.555. The van der Waals surface area contributed by atoms with Crippen LogP contribution in [-0.2, 0) is 4.79 Å². The summed E-state index contributed by atoms with van der Waals surface area (Å²) >= 11 is 1.40. The molecule has 128 valence electrons. The maximum Gasteiger partial charge on any atom is 0.305 e. The summed E-state index contributed by atoms with van der Waals surface area (Å²) in [5.74, 6) is -0.342. The molecule has 1 aromatic heterocycles. The largest absolute Gasteiger partial charge is 0.451 e. The van der Waals surface area contributed by atoms with Crippen molar-refractivity contribution in [2.75, 3.05) is 5.75 Å². The van der Waals surface area contributed by atoms with Crippen LogP contribution < -0.4 is 10.9 Å². The van der Waals surface area contributed by atoms with Gasteiger partial charge in [-0.3, -0.25) is 20.4 Å². The minimum Gasteiger partial charge on any atom is -0.451 e. The van der Waals surface area contributed by atoms with Gasteiger partial charge in [0.05, 0.1) is 5.75 Å². The van der Waals surface area contributed by atoms with Gasteiger partial charge in [0.25, 0.3) is 0 Å². The van der Waals surface area contributed by atoms with Crippen molar-refractivity contribution in [1.29, 1.82) is 0 Å². The van der Waals surface area contributed by atoms with Gasteiger partial charge in [0.15, 0.2) is 5.76 Å². The van der Waals surface area contributed by atoms with E-state index in [0.29, 0.717) is 5.58 Å². The summed E-state index contributed by atoms with van der Waals surface area (Å²) in [5.41, 5.74) is 7.38. The Morgan fingerprint density at radius 1 is 1.00 bits per heavy atom. The number of carbonyl (C=O) groups is 2. The van der Waals surface area contributed by atoms with Crippen molar-refractivity contribution in [2.24, 2.45) is 0 Å². The van der Waals surface area contributed by atoms with Crippen LogP contribution in [0.5, 0.6) is 0 Å². The van der Waals surface area contributed by atoms with Crippen molar-refractivity contribution in [3.63, 3.8) is 0 Å². The minimum atomic E-state index is -0.470. The zero-order chi connectivity index (χ0) is 17.8. The molecule has 0 aliphatic heterocycles. The number of furan rings is 1. The van der Waals surface area contributed by atoms with Crippen LogP contribution in [0.15, 0.2) is 57.8 Å². The van der Waals surface area contributed by atoms with E-state index in [0.717, 1.165) is 15.8 Å². The van der Waals surface area contributed by atoms with Gasteiger partial charge >= 0.3 is 5.91 Å². The van der Waals surface area contributed by atoms with E-state index in [4.69, 9.17) is 4.42 Å². The van der Waals surface area contributed by atoms with Crippen LogP contribution in [0.4, 0.5) is 0 Å². The van der Waals surface area contributed by atoms with E-state index < -0.39 is 5.91 Å². The van der Waals surface area contributed by atoms with Gasteiger partial charge in [0.1, 0.15) is 5.58 Å². The molecule has 6 heteroatoms. The lowest BCUT2D eigenvalue weighted by atomic mass is 10.1. The average molecular weight is 354 g/mol. The van der Waals surface area contributed by atoms with E-state index >= 15 is 0 Å².